The first-order chi connectivity index (χ1) is 11.4. The summed E-state index contributed by atoms with van der Waals surface area (Å²) in [6, 6.07) is 1.58. The molecule has 24 heavy (non-hydrogen) atoms. The zero-order chi connectivity index (χ0) is 17.9. The fourth-order valence-electron chi connectivity index (χ4n) is 2.09. The molecule has 0 saturated carbocycles. The van der Waals surface area contributed by atoms with E-state index < -0.39 is 0 Å². The van der Waals surface area contributed by atoms with Gasteiger partial charge in [0.05, 0.1) is 11.1 Å². The van der Waals surface area contributed by atoms with Crippen molar-refractivity contribution < 1.29 is 9.59 Å². The van der Waals surface area contributed by atoms with Crippen molar-refractivity contribution in [3.63, 3.8) is 0 Å². The van der Waals surface area contributed by atoms with Gasteiger partial charge in [0.1, 0.15) is 0 Å². The van der Waals surface area contributed by atoms with Crippen LogP contribution in [0.15, 0.2) is 18.5 Å². The van der Waals surface area contributed by atoms with Crippen LogP contribution in [0.4, 0.5) is 0 Å². The van der Waals surface area contributed by atoms with E-state index in [2.05, 4.69) is 25.4 Å². The average molecular weight is 335 g/mol. The molecule has 0 aromatic carbocycles. The number of aromatic nitrogens is 1. The van der Waals surface area contributed by atoms with Crippen LogP contribution in [0, 0.1) is 0 Å². The lowest BCUT2D eigenvalue weighted by Gasteiger charge is -2.11. The van der Waals surface area contributed by atoms with Gasteiger partial charge in [-0.25, -0.2) is 0 Å². The molecule has 0 saturated heterocycles. The molecular formula is C17H29N5O2. The topological polar surface area (TPSA) is 77.6 Å². The molecule has 1 heterocycles. The maximum absolute atomic E-state index is 12.1. The second-order valence-electron chi connectivity index (χ2n) is 6.29. The standard InChI is InChI=1S/C17H29N5O2/c1-21(2)9-5-7-19-16(23)14-11-15(13-18-12-14)17(24)20-8-6-10-22(3)4/h11-13H,5-10H2,1-4H3,(H,19,23)(H,20,24). The number of carbonyl (C=O) groups excluding carboxylic acids is 2. The highest BCUT2D eigenvalue weighted by Crippen LogP contribution is 2.03. The summed E-state index contributed by atoms with van der Waals surface area (Å²) in [7, 11) is 7.97. The van der Waals surface area contributed by atoms with E-state index in [0.717, 1.165) is 25.9 Å². The second kappa shape index (κ2) is 10.7. The fourth-order valence-corrected chi connectivity index (χ4v) is 2.09. The molecule has 0 radical (unpaired) electrons. The van der Waals surface area contributed by atoms with Crippen LogP contribution >= 0.6 is 0 Å². The zero-order valence-electron chi connectivity index (χ0n) is 15.1. The van der Waals surface area contributed by atoms with Gasteiger partial charge in [-0.15, -0.1) is 0 Å². The minimum Gasteiger partial charge on any atom is -0.352 e. The van der Waals surface area contributed by atoms with E-state index in [0.29, 0.717) is 24.2 Å². The van der Waals surface area contributed by atoms with Gasteiger partial charge in [0, 0.05) is 25.5 Å². The molecule has 0 fully saturated rings. The van der Waals surface area contributed by atoms with Crippen molar-refractivity contribution in [3.05, 3.63) is 29.6 Å². The molecule has 0 atom stereocenters. The highest BCUT2D eigenvalue weighted by Gasteiger charge is 2.11. The van der Waals surface area contributed by atoms with Crippen molar-refractivity contribution in [1.29, 1.82) is 0 Å². The third-order valence-electron chi connectivity index (χ3n) is 3.40. The van der Waals surface area contributed by atoms with Crippen LogP contribution in [-0.2, 0) is 0 Å². The number of nitrogens with zero attached hydrogens (tertiary/aromatic N) is 3. The normalized spacial score (nSPS) is 10.9. The molecule has 0 spiro atoms. The van der Waals surface area contributed by atoms with E-state index in [1.54, 1.807) is 6.07 Å². The number of hydrogen-bond acceptors (Lipinski definition) is 5. The van der Waals surface area contributed by atoms with Gasteiger partial charge in [-0.3, -0.25) is 14.6 Å². The fraction of sp³-hybridized carbons (Fsp3) is 0.588. The lowest BCUT2D eigenvalue weighted by Crippen LogP contribution is -2.29. The molecule has 2 N–H and O–H groups in total. The largest absolute Gasteiger partial charge is 0.352 e. The summed E-state index contributed by atoms with van der Waals surface area (Å²) in [5, 5.41) is 5.68. The van der Waals surface area contributed by atoms with Crippen LogP contribution in [0.2, 0.25) is 0 Å². The summed E-state index contributed by atoms with van der Waals surface area (Å²) in [6.45, 7) is 3.01. The first-order valence-corrected chi connectivity index (χ1v) is 8.21. The van der Waals surface area contributed by atoms with Gasteiger partial charge >= 0.3 is 0 Å². The number of pyridine rings is 1. The summed E-state index contributed by atoms with van der Waals surface area (Å²) in [5.74, 6) is -0.410. The van der Waals surface area contributed by atoms with Gasteiger partial charge < -0.3 is 20.4 Å². The maximum atomic E-state index is 12.1. The van der Waals surface area contributed by atoms with Crippen molar-refractivity contribution >= 4 is 11.8 Å². The minimum atomic E-state index is -0.205. The Bertz CT molecular complexity index is 488. The van der Waals surface area contributed by atoms with Crippen molar-refractivity contribution in [3.8, 4) is 0 Å². The molecular weight excluding hydrogens is 306 g/mol. The number of hydrogen-bond donors (Lipinski definition) is 2. The molecule has 1 rings (SSSR count). The Kier molecular flexibility index (Phi) is 8.96. The lowest BCUT2D eigenvalue weighted by molar-refractivity contribution is 0.0951. The molecule has 7 heteroatoms. The molecule has 134 valence electrons. The number of rotatable bonds is 10. The highest BCUT2D eigenvalue weighted by molar-refractivity contribution is 5.99. The van der Waals surface area contributed by atoms with Crippen LogP contribution in [0.5, 0.6) is 0 Å². The quantitative estimate of drug-likeness (QED) is 0.607. The van der Waals surface area contributed by atoms with E-state index in [4.69, 9.17) is 0 Å². The molecule has 0 aliphatic heterocycles. The van der Waals surface area contributed by atoms with Crippen molar-refractivity contribution in [2.24, 2.45) is 0 Å². The number of nitrogens with one attached hydrogen (secondary N) is 2. The Morgan fingerprint density at radius 2 is 1.29 bits per heavy atom. The Morgan fingerprint density at radius 3 is 1.67 bits per heavy atom. The van der Waals surface area contributed by atoms with Crippen molar-refractivity contribution in [2.75, 3.05) is 54.4 Å². The summed E-state index contributed by atoms with van der Waals surface area (Å²) in [4.78, 5) is 32.3. The molecule has 0 aliphatic carbocycles. The van der Waals surface area contributed by atoms with Crippen LogP contribution in [0.25, 0.3) is 0 Å². The van der Waals surface area contributed by atoms with E-state index in [1.165, 1.54) is 12.4 Å². The van der Waals surface area contributed by atoms with Crippen LogP contribution in [0.1, 0.15) is 33.6 Å². The van der Waals surface area contributed by atoms with Crippen LogP contribution in [-0.4, -0.2) is 81.0 Å². The average Bonchev–Trinajstić information content (AvgIpc) is 2.55. The molecule has 7 nitrogen and oxygen atoms in total. The van der Waals surface area contributed by atoms with E-state index in [-0.39, 0.29) is 11.8 Å². The monoisotopic (exact) mass is 335 g/mol. The highest BCUT2D eigenvalue weighted by atomic mass is 16.2. The van der Waals surface area contributed by atoms with Gasteiger partial charge in [-0.1, -0.05) is 0 Å². The first kappa shape index (κ1) is 20.1. The first-order valence-electron chi connectivity index (χ1n) is 8.21. The summed E-state index contributed by atoms with van der Waals surface area (Å²) < 4.78 is 0. The molecule has 0 bridgehead atoms. The SMILES string of the molecule is CN(C)CCCNC(=O)c1cncc(C(=O)NCCCN(C)C)c1. The van der Waals surface area contributed by atoms with E-state index >= 15 is 0 Å². The Balaban J connectivity index is 2.47. The zero-order valence-corrected chi connectivity index (χ0v) is 15.1. The van der Waals surface area contributed by atoms with Crippen LogP contribution < -0.4 is 10.6 Å². The van der Waals surface area contributed by atoms with Gasteiger partial charge in [-0.2, -0.15) is 0 Å². The molecule has 2 amide bonds. The van der Waals surface area contributed by atoms with E-state index in [1.807, 2.05) is 28.2 Å². The summed E-state index contributed by atoms with van der Waals surface area (Å²) in [6.07, 6.45) is 4.70. The van der Waals surface area contributed by atoms with Gasteiger partial charge in [0.15, 0.2) is 0 Å². The molecule has 0 aliphatic rings. The van der Waals surface area contributed by atoms with Gasteiger partial charge in [0.2, 0.25) is 0 Å². The predicted molar refractivity (Wildman–Crippen MR) is 95.2 cm³/mol. The Morgan fingerprint density at radius 1 is 0.875 bits per heavy atom. The smallest absolute Gasteiger partial charge is 0.252 e. The second-order valence-corrected chi connectivity index (χ2v) is 6.29. The lowest BCUT2D eigenvalue weighted by atomic mass is 10.2. The third kappa shape index (κ3) is 8.03. The predicted octanol–water partition coefficient (Wildman–Crippen LogP) is 0.445. The van der Waals surface area contributed by atoms with Crippen molar-refractivity contribution in [1.82, 2.24) is 25.4 Å². The third-order valence-corrected chi connectivity index (χ3v) is 3.40. The van der Waals surface area contributed by atoms with Crippen LogP contribution in [0.3, 0.4) is 0 Å². The summed E-state index contributed by atoms with van der Waals surface area (Å²) >= 11 is 0. The molecule has 1 aromatic rings. The maximum Gasteiger partial charge on any atom is 0.252 e. The number of carbonyl (C=O) groups is 2. The Labute approximate surface area is 144 Å². The van der Waals surface area contributed by atoms with Crippen molar-refractivity contribution in [2.45, 2.75) is 12.8 Å². The van der Waals surface area contributed by atoms with E-state index in [9.17, 15) is 9.59 Å². The summed E-state index contributed by atoms with van der Waals surface area (Å²) in [5.41, 5.74) is 0.807. The Hall–Kier alpha value is -1.99. The number of amides is 2. The van der Waals surface area contributed by atoms with Gasteiger partial charge in [-0.05, 0) is 60.2 Å². The molecule has 1 aromatic heterocycles. The molecule has 0 unspecified atom stereocenters. The minimum absolute atomic E-state index is 0.205. The van der Waals surface area contributed by atoms with Gasteiger partial charge in [0.25, 0.3) is 11.8 Å².